The van der Waals surface area contributed by atoms with Crippen LogP contribution < -0.4 is 11.1 Å². The molecule has 116 valence electrons. The van der Waals surface area contributed by atoms with Crippen molar-refractivity contribution in [3.63, 3.8) is 0 Å². The number of carbonyl (C=O) groups is 2. The van der Waals surface area contributed by atoms with E-state index < -0.39 is 5.91 Å². The predicted octanol–water partition coefficient (Wildman–Crippen LogP) is 3.59. The van der Waals surface area contributed by atoms with Gasteiger partial charge in [0.1, 0.15) is 5.00 Å². The second-order valence-electron chi connectivity index (χ2n) is 5.81. The van der Waals surface area contributed by atoms with Crippen LogP contribution in [0, 0.1) is 12.8 Å². The zero-order valence-corrected chi connectivity index (χ0v) is 14.2. The lowest BCUT2D eigenvalue weighted by molar-refractivity contribution is 0.1000. The van der Waals surface area contributed by atoms with Crippen molar-refractivity contribution in [1.82, 2.24) is 0 Å². The fourth-order valence-corrected chi connectivity index (χ4v) is 5.10. The first-order chi connectivity index (χ1) is 10.5. The Labute approximate surface area is 137 Å². The summed E-state index contributed by atoms with van der Waals surface area (Å²) in [5.41, 5.74) is 8.05. The molecule has 2 aromatic rings. The van der Waals surface area contributed by atoms with E-state index in [1.807, 2.05) is 18.4 Å². The van der Waals surface area contributed by atoms with Crippen LogP contribution in [-0.4, -0.2) is 11.8 Å². The van der Waals surface area contributed by atoms with Gasteiger partial charge in [-0.05, 0) is 54.7 Å². The van der Waals surface area contributed by atoms with Gasteiger partial charge in [-0.1, -0.05) is 6.92 Å². The van der Waals surface area contributed by atoms with E-state index in [0.29, 0.717) is 21.4 Å². The summed E-state index contributed by atoms with van der Waals surface area (Å²) in [6.07, 6.45) is 2.87. The van der Waals surface area contributed by atoms with Crippen LogP contribution in [-0.2, 0) is 12.8 Å². The Hall–Kier alpha value is -1.66. The molecule has 2 amide bonds. The summed E-state index contributed by atoms with van der Waals surface area (Å²) >= 11 is 2.90. The van der Waals surface area contributed by atoms with Crippen LogP contribution in [0.25, 0.3) is 0 Å². The van der Waals surface area contributed by atoms with Crippen molar-refractivity contribution in [1.29, 1.82) is 0 Å². The van der Waals surface area contributed by atoms with Gasteiger partial charge in [0, 0.05) is 4.88 Å². The topological polar surface area (TPSA) is 72.2 Å². The molecule has 2 heterocycles. The number of carbonyl (C=O) groups excluding carboxylic acids is 2. The first-order valence-corrected chi connectivity index (χ1v) is 8.96. The number of nitrogens with two attached hydrogens (primary N) is 1. The largest absolute Gasteiger partial charge is 0.365 e. The lowest BCUT2D eigenvalue weighted by atomic mass is 9.88. The fraction of sp³-hybridized carbons (Fsp3) is 0.375. The molecule has 0 aromatic carbocycles. The van der Waals surface area contributed by atoms with Crippen LogP contribution in [0.2, 0.25) is 0 Å². The van der Waals surface area contributed by atoms with Crippen molar-refractivity contribution < 1.29 is 9.59 Å². The highest BCUT2D eigenvalue weighted by Crippen LogP contribution is 2.39. The molecular formula is C16H18N2O2S2. The number of hydrogen-bond acceptors (Lipinski definition) is 4. The molecule has 1 aliphatic rings. The van der Waals surface area contributed by atoms with Gasteiger partial charge in [0.2, 0.25) is 0 Å². The molecule has 3 rings (SSSR count). The molecule has 0 saturated heterocycles. The van der Waals surface area contributed by atoms with Crippen LogP contribution in [0.5, 0.6) is 0 Å². The van der Waals surface area contributed by atoms with E-state index in [0.717, 1.165) is 30.4 Å². The first kappa shape index (κ1) is 15.2. The van der Waals surface area contributed by atoms with Crippen LogP contribution in [0.15, 0.2) is 11.4 Å². The van der Waals surface area contributed by atoms with Crippen molar-refractivity contribution in [2.24, 2.45) is 11.7 Å². The number of nitrogens with one attached hydrogen (secondary N) is 1. The van der Waals surface area contributed by atoms with E-state index in [9.17, 15) is 9.59 Å². The summed E-state index contributed by atoms with van der Waals surface area (Å²) in [7, 11) is 0. The number of amides is 2. The Morgan fingerprint density at radius 2 is 2.18 bits per heavy atom. The van der Waals surface area contributed by atoms with Crippen molar-refractivity contribution in [2.45, 2.75) is 33.1 Å². The van der Waals surface area contributed by atoms with E-state index in [4.69, 9.17) is 5.73 Å². The molecule has 0 fully saturated rings. The minimum Gasteiger partial charge on any atom is -0.365 e. The lowest BCUT2D eigenvalue weighted by Crippen LogP contribution is -2.19. The Balaban J connectivity index is 1.95. The predicted molar refractivity (Wildman–Crippen MR) is 91.0 cm³/mol. The third-order valence-electron chi connectivity index (χ3n) is 4.05. The number of rotatable bonds is 3. The molecule has 0 saturated carbocycles. The maximum atomic E-state index is 12.4. The molecule has 22 heavy (non-hydrogen) atoms. The highest BCUT2D eigenvalue weighted by Gasteiger charge is 2.27. The Bertz CT molecular complexity index is 745. The standard InChI is InChI=1S/C16H18N2O2S2/c1-8-3-4-10-11(7-8)22-16(12(10)14(17)19)18-15(20)13-9(2)5-6-21-13/h5-6,8H,3-4,7H2,1-2H3,(H2,17,19)(H,18,20)/t8-/m1/s1. The van der Waals surface area contributed by atoms with Gasteiger partial charge in [-0.25, -0.2) is 0 Å². The molecule has 0 aliphatic heterocycles. The number of primary amides is 1. The van der Waals surface area contributed by atoms with Crippen LogP contribution >= 0.6 is 22.7 Å². The summed E-state index contributed by atoms with van der Waals surface area (Å²) in [5, 5.41) is 5.39. The second kappa shape index (κ2) is 5.85. The molecular weight excluding hydrogens is 316 g/mol. The normalized spacial score (nSPS) is 17.1. The van der Waals surface area contributed by atoms with Crippen LogP contribution in [0.4, 0.5) is 5.00 Å². The molecule has 0 unspecified atom stereocenters. The smallest absolute Gasteiger partial charge is 0.266 e. The summed E-state index contributed by atoms with van der Waals surface area (Å²) < 4.78 is 0. The summed E-state index contributed by atoms with van der Waals surface area (Å²) in [6.45, 7) is 4.11. The van der Waals surface area contributed by atoms with Gasteiger partial charge in [0.15, 0.2) is 0 Å². The molecule has 0 spiro atoms. The number of anilines is 1. The average molecular weight is 334 g/mol. The van der Waals surface area contributed by atoms with Gasteiger partial charge in [0.05, 0.1) is 10.4 Å². The number of aryl methyl sites for hydroxylation is 1. The quantitative estimate of drug-likeness (QED) is 0.900. The molecule has 1 aliphatic carbocycles. The molecule has 4 nitrogen and oxygen atoms in total. The second-order valence-corrected chi connectivity index (χ2v) is 7.83. The van der Waals surface area contributed by atoms with E-state index in [1.165, 1.54) is 27.6 Å². The molecule has 0 bridgehead atoms. The molecule has 2 aromatic heterocycles. The maximum Gasteiger partial charge on any atom is 0.266 e. The number of fused-ring (bicyclic) bond motifs is 1. The van der Waals surface area contributed by atoms with Crippen LogP contribution in [0.1, 0.15) is 49.4 Å². The van der Waals surface area contributed by atoms with Crippen molar-refractivity contribution in [2.75, 3.05) is 5.32 Å². The lowest BCUT2D eigenvalue weighted by Gasteiger charge is -2.18. The Morgan fingerprint density at radius 3 is 2.82 bits per heavy atom. The van der Waals surface area contributed by atoms with Gasteiger partial charge in [-0.3, -0.25) is 9.59 Å². The van der Waals surface area contributed by atoms with Crippen LogP contribution in [0.3, 0.4) is 0 Å². The monoisotopic (exact) mass is 334 g/mol. The van der Waals surface area contributed by atoms with Gasteiger partial charge < -0.3 is 11.1 Å². The van der Waals surface area contributed by atoms with Crippen molar-refractivity contribution in [3.05, 3.63) is 37.9 Å². The summed E-state index contributed by atoms with van der Waals surface area (Å²) in [6, 6.07) is 1.91. The fourth-order valence-electron chi connectivity index (χ4n) is 2.86. The summed E-state index contributed by atoms with van der Waals surface area (Å²) in [5.74, 6) is -0.0122. The summed E-state index contributed by atoms with van der Waals surface area (Å²) in [4.78, 5) is 26.1. The van der Waals surface area contributed by atoms with E-state index in [2.05, 4.69) is 12.2 Å². The van der Waals surface area contributed by atoms with Crippen molar-refractivity contribution in [3.8, 4) is 0 Å². The third-order valence-corrected chi connectivity index (χ3v) is 6.24. The maximum absolute atomic E-state index is 12.4. The molecule has 1 atom stereocenters. The van der Waals surface area contributed by atoms with Gasteiger partial charge in [-0.2, -0.15) is 0 Å². The van der Waals surface area contributed by atoms with E-state index in [-0.39, 0.29) is 5.91 Å². The van der Waals surface area contributed by atoms with E-state index >= 15 is 0 Å². The van der Waals surface area contributed by atoms with E-state index in [1.54, 1.807) is 0 Å². The highest BCUT2D eigenvalue weighted by molar-refractivity contribution is 7.17. The molecule has 0 radical (unpaired) electrons. The highest BCUT2D eigenvalue weighted by atomic mass is 32.1. The Kier molecular flexibility index (Phi) is 4.06. The van der Waals surface area contributed by atoms with Gasteiger partial charge in [0.25, 0.3) is 11.8 Å². The SMILES string of the molecule is Cc1ccsc1C(=O)Nc1sc2c(c1C(N)=O)CC[C@@H](C)C2. The first-order valence-electron chi connectivity index (χ1n) is 7.27. The molecule has 6 heteroatoms. The minimum absolute atomic E-state index is 0.165. The minimum atomic E-state index is -0.453. The number of hydrogen-bond donors (Lipinski definition) is 2. The molecule has 3 N–H and O–H groups in total. The zero-order chi connectivity index (χ0) is 15.9. The number of thiophene rings is 2. The zero-order valence-electron chi connectivity index (χ0n) is 12.6. The third kappa shape index (κ3) is 2.68. The average Bonchev–Trinajstić information content (AvgIpc) is 3.01. The Morgan fingerprint density at radius 1 is 1.41 bits per heavy atom. The van der Waals surface area contributed by atoms with Gasteiger partial charge >= 0.3 is 0 Å². The van der Waals surface area contributed by atoms with Crippen molar-refractivity contribution >= 4 is 39.5 Å². The van der Waals surface area contributed by atoms with Gasteiger partial charge in [-0.15, -0.1) is 22.7 Å².